The van der Waals surface area contributed by atoms with Gasteiger partial charge in [-0.1, -0.05) is 30.3 Å². The van der Waals surface area contributed by atoms with Gasteiger partial charge in [0.1, 0.15) is 0 Å². The second kappa shape index (κ2) is 8.49. The molecule has 6 nitrogen and oxygen atoms in total. The van der Waals surface area contributed by atoms with Crippen molar-refractivity contribution in [2.45, 2.75) is 46.4 Å². The Balaban J connectivity index is 1.93. The molecule has 0 aliphatic rings. The van der Waals surface area contributed by atoms with E-state index in [4.69, 9.17) is 0 Å². The molecule has 0 aliphatic heterocycles. The Bertz CT molecular complexity index is 665. The third-order valence-electron chi connectivity index (χ3n) is 3.98. The summed E-state index contributed by atoms with van der Waals surface area (Å²) in [7, 11) is 0. The maximum Gasteiger partial charge on any atom is 0.315 e. The van der Waals surface area contributed by atoms with E-state index in [-0.39, 0.29) is 6.03 Å². The molecule has 2 aromatic rings. The van der Waals surface area contributed by atoms with Gasteiger partial charge in [-0.2, -0.15) is 5.10 Å². The lowest BCUT2D eigenvalue weighted by atomic mass is 10.2. The third kappa shape index (κ3) is 5.09. The molecular formula is C18H26N4O2. The highest BCUT2D eigenvalue weighted by Crippen LogP contribution is 2.14. The fraction of sp³-hybridized carbons (Fsp3) is 0.444. The second-order valence-electron chi connectivity index (χ2n) is 6.04. The number of carbonyl (C=O) groups excluding carboxylic acids is 1. The number of hydrogen-bond donors (Lipinski definition) is 3. The lowest BCUT2D eigenvalue weighted by Gasteiger charge is -2.09. The second-order valence-corrected chi connectivity index (χ2v) is 6.04. The van der Waals surface area contributed by atoms with Crippen molar-refractivity contribution in [3.8, 4) is 0 Å². The molecule has 1 heterocycles. The minimum absolute atomic E-state index is 0.231. The zero-order valence-corrected chi connectivity index (χ0v) is 14.5. The Kier molecular flexibility index (Phi) is 6.37. The number of aromatic nitrogens is 2. The van der Waals surface area contributed by atoms with E-state index in [9.17, 15) is 9.90 Å². The van der Waals surface area contributed by atoms with Crippen LogP contribution in [0.15, 0.2) is 30.3 Å². The summed E-state index contributed by atoms with van der Waals surface area (Å²) in [6.07, 6.45) is 0.131. The average molecular weight is 330 g/mol. The molecule has 2 rings (SSSR count). The number of aryl methyl sites for hydroxylation is 1. The number of aliphatic hydroxyl groups excluding tert-OH is 1. The van der Waals surface area contributed by atoms with Crippen LogP contribution in [-0.2, 0) is 13.1 Å². The van der Waals surface area contributed by atoms with Crippen LogP contribution in [-0.4, -0.2) is 33.6 Å². The number of rotatable bonds is 7. The zero-order chi connectivity index (χ0) is 17.5. The van der Waals surface area contributed by atoms with Gasteiger partial charge in [0, 0.05) is 24.3 Å². The summed E-state index contributed by atoms with van der Waals surface area (Å²) in [4.78, 5) is 11.8. The summed E-state index contributed by atoms with van der Waals surface area (Å²) in [6, 6.07) is 9.94. The molecule has 0 aliphatic carbocycles. The number of hydrogen-bond acceptors (Lipinski definition) is 3. The highest BCUT2D eigenvalue weighted by Gasteiger charge is 2.12. The van der Waals surface area contributed by atoms with E-state index >= 15 is 0 Å². The maximum absolute atomic E-state index is 11.8. The summed E-state index contributed by atoms with van der Waals surface area (Å²) in [5.74, 6) is 0. The number of benzene rings is 1. The summed E-state index contributed by atoms with van der Waals surface area (Å²) < 4.78 is 1.97. The standard InChI is InChI=1S/C18H26N4O2/c1-13(23)9-10-19-18(24)20-11-17-14(2)21-22(15(17)3)12-16-7-5-4-6-8-16/h4-8,13,23H,9-12H2,1-3H3,(H2,19,20,24). The molecule has 0 saturated carbocycles. The van der Waals surface area contributed by atoms with Crippen LogP contribution in [0.3, 0.4) is 0 Å². The predicted octanol–water partition coefficient (Wildman–Crippen LogP) is 2.12. The molecule has 1 unspecified atom stereocenters. The van der Waals surface area contributed by atoms with Crippen LogP contribution in [0.1, 0.15) is 35.9 Å². The van der Waals surface area contributed by atoms with E-state index in [2.05, 4.69) is 27.9 Å². The molecule has 1 aromatic carbocycles. The van der Waals surface area contributed by atoms with Crippen LogP contribution in [0.2, 0.25) is 0 Å². The van der Waals surface area contributed by atoms with Crippen molar-refractivity contribution >= 4 is 6.03 Å². The molecule has 3 N–H and O–H groups in total. The minimum Gasteiger partial charge on any atom is -0.393 e. The van der Waals surface area contributed by atoms with Gasteiger partial charge < -0.3 is 15.7 Å². The SMILES string of the molecule is Cc1nn(Cc2ccccc2)c(C)c1CNC(=O)NCCC(C)O. The number of nitrogens with zero attached hydrogens (tertiary/aromatic N) is 2. The van der Waals surface area contributed by atoms with Gasteiger partial charge in [-0.15, -0.1) is 0 Å². The quantitative estimate of drug-likeness (QED) is 0.727. The van der Waals surface area contributed by atoms with Crippen molar-refractivity contribution in [1.29, 1.82) is 0 Å². The van der Waals surface area contributed by atoms with Gasteiger partial charge >= 0.3 is 6.03 Å². The Morgan fingerprint density at radius 1 is 1.25 bits per heavy atom. The predicted molar refractivity (Wildman–Crippen MR) is 93.8 cm³/mol. The molecule has 24 heavy (non-hydrogen) atoms. The number of urea groups is 1. The Labute approximate surface area is 142 Å². The van der Waals surface area contributed by atoms with Crippen LogP contribution in [0.5, 0.6) is 0 Å². The van der Waals surface area contributed by atoms with E-state index < -0.39 is 6.10 Å². The number of nitrogens with one attached hydrogen (secondary N) is 2. The third-order valence-corrected chi connectivity index (χ3v) is 3.98. The van der Waals surface area contributed by atoms with Crippen molar-refractivity contribution in [2.75, 3.05) is 6.54 Å². The first-order valence-corrected chi connectivity index (χ1v) is 8.24. The summed E-state index contributed by atoms with van der Waals surface area (Å²) >= 11 is 0. The van der Waals surface area contributed by atoms with Crippen molar-refractivity contribution in [3.05, 3.63) is 52.8 Å². The van der Waals surface area contributed by atoms with Crippen LogP contribution in [0, 0.1) is 13.8 Å². The molecule has 2 amide bonds. The fourth-order valence-electron chi connectivity index (χ4n) is 2.53. The van der Waals surface area contributed by atoms with Crippen molar-refractivity contribution in [1.82, 2.24) is 20.4 Å². The molecule has 0 fully saturated rings. The van der Waals surface area contributed by atoms with Crippen LogP contribution < -0.4 is 10.6 Å². The monoisotopic (exact) mass is 330 g/mol. The molecule has 0 spiro atoms. The van der Waals surface area contributed by atoms with E-state index in [0.717, 1.165) is 17.0 Å². The topological polar surface area (TPSA) is 79.2 Å². The van der Waals surface area contributed by atoms with Crippen molar-refractivity contribution in [3.63, 3.8) is 0 Å². The average Bonchev–Trinajstić information content (AvgIpc) is 2.80. The molecule has 0 radical (unpaired) electrons. The molecule has 1 aromatic heterocycles. The molecular weight excluding hydrogens is 304 g/mol. The van der Waals surface area contributed by atoms with E-state index in [0.29, 0.717) is 26.1 Å². The zero-order valence-electron chi connectivity index (χ0n) is 14.5. The number of aliphatic hydroxyl groups is 1. The number of amides is 2. The molecule has 0 bridgehead atoms. The largest absolute Gasteiger partial charge is 0.393 e. The summed E-state index contributed by atoms with van der Waals surface area (Å²) in [5.41, 5.74) is 4.21. The Morgan fingerprint density at radius 2 is 1.96 bits per heavy atom. The Hall–Kier alpha value is -2.34. The first kappa shape index (κ1) is 18.0. The molecule has 130 valence electrons. The van der Waals surface area contributed by atoms with Gasteiger partial charge in [-0.25, -0.2) is 4.79 Å². The first-order chi connectivity index (χ1) is 11.5. The van der Waals surface area contributed by atoms with Crippen LogP contribution in [0.4, 0.5) is 4.79 Å². The first-order valence-electron chi connectivity index (χ1n) is 8.24. The lowest BCUT2D eigenvalue weighted by Crippen LogP contribution is -2.36. The van der Waals surface area contributed by atoms with Gasteiger partial charge in [0.15, 0.2) is 0 Å². The van der Waals surface area contributed by atoms with E-state index in [1.807, 2.05) is 36.7 Å². The highest BCUT2D eigenvalue weighted by molar-refractivity contribution is 5.73. The summed E-state index contributed by atoms with van der Waals surface area (Å²) in [6.45, 7) is 7.28. The lowest BCUT2D eigenvalue weighted by molar-refractivity contribution is 0.183. The van der Waals surface area contributed by atoms with Gasteiger partial charge in [-0.3, -0.25) is 4.68 Å². The minimum atomic E-state index is -0.411. The Morgan fingerprint density at radius 3 is 2.62 bits per heavy atom. The van der Waals surface area contributed by atoms with Gasteiger partial charge in [0.25, 0.3) is 0 Å². The van der Waals surface area contributed by atoms with Crippen molar-refractivity contribution in [2.24, 2.45) is 0 Å². The molecule has 1 atom stereocenters. The van der Waals surface area contributed by atoms with Crippen LogP contribution in [0.25, 0.3) is 0 Å². The van der Waals surface area contributed by atoms with Gasteiger partial charge in [-0.05, 0) is 32.8 Å². The van der Waals surface area contributed by atoms with E-state index in [1.165, 1.54) is 5.56 Å². The highest BCUT2D eigenvalue weighted by atomic mass is 16.3. The van der Waals surface area contributed by atoms with Gasteiger partial charge in [0.05, 0.1) is 18.3 Å². The number of carbonyl (C=O) groups is 1. The maximum atomic E-state index is 11.8. The fourth-order valence-corrected chi connectivity index (χ4v) is 2.53. The normalized spacial score (nSPS) is 12.0. The van der Waals surface area contributed by atoms with Gasteiger partial charge in [0.2, 0.25) is 0 Å². The summed E-state index contributed by atoms with van der Waals surface area (Å²) in [5, 5.41) is 19.3. The smallest absolute Gasteiger partial charge is 0.315 e. The molecule has 6 heteroatoms. The molecule has 0 saturated heterocycles. The van der Waals surface area contributed by atoms with Crippen LogP contribution >= 0.6 is 0 Å². The van der Waals surface area contributed by atoms with Crippen molar-refractivity contribution < 1.29 is 9.90 Å². The van der Waals surface area contributed by atoms with E-state index in [1.54, 1.807) is 6.92 Å².